The van der Waals surface area contributed by atoms with Crippen LogP contribution < -0.4 is 0 Å². The van der Waals surface area contributed by atoms with E-state index in [-0.39, 0.29) is 17.6 Å². The number of likely N-dealkylation sites (tertiary alicyclic amines) is 1. The van der Waals surface area contributed by atoms with Gasteiger partial charge in [0.05, 0.1) is 18.8 Å². The van der Waals surface area contributed by atoms with Gasteiger partial charge in [0.25, 0.3) is 0 Å². The lowest BCUT2D eigenvalue weighted by Gasteiger charge is -2.30. The quantitative estimate of drug-likeness (QED) is 0.652. The maximum absolute atomic E-state index is 11.3. The number of esters is 1. The number of nitrogens with zero attached hydrogens (tertiary/aromatic N) is 1. The number of hydrogen-bond donors (Lipinski definition) is 0. The third-order valence-corrected chi connectivity index (χ3v) is 3.74. The molecule has 1 heterocycles. The van der Waals surface area contributed by atoms with Crippen LogP contribution in [0.15, 0.2) is 0 Å². The van der Waals surface area contributed by atoms with E-state index in [0.29, 0.717) is 13.1 Å². The average Bonchev–Trinajstić information content (AvgIpc) is 2.25. The first kappa shape index (κ1) is 13.4. The van der Waals surface area contributed by atoms with Gasteiger partial charge < -0.3 is 9.64 Å². The highest BCUT2D eigenvalue weighted by molar-refractivity contribution is 7.90. The summed E-state index contributed by atoms with van der Waals surface area (Å²) >= 11 is 0. The highest BCUT2D eigenvalue weighted by Gasteiger charge is 2.26. The fourth-order valence-corrected chi connectivity index (χ4v) is 2.50. The van der Waals surface area contributed by atoms with Gasteiger partial charge in [0.1, 0.15) is 9.84 Å². The zero-order valence-corrected chi connectivity index (χ0v) is 10.6. The van der Waals surface area contributed by atoms with Crippen molar-refractivity contribution in [2.45, 2.75) is 12.8 Å². The summed E-state index contributed by atoms with van der Waals surface area (Å²) in [4.78, 5) is 13.4. The molecule has 94 valence electrons. The lowest BCUT2D eigenvalue weighted by atomic mass is 9.98. The van der Waals surface area contributed by atoms with Crippen LogP contribution in [0.2, 0.25) is 0 Å². The van der Waals surface area contributed by atoms with E-state index in [9.17, 15) is 13.2 Å². The van der Waals surface area contributed by atoms with Crippen molar-refractivity contribution in [1.29, 1.82) is 0 Å². The Kier molecular flexibility index (Phi) is 4.73. The summed E-state index contributed by atoms with van der Waals surface area (Å²) in [6.07, 6.45) is 2.99. The molecule has 0 radical (unpaired) electrons. The predicted octanol–water partition coefficient (Wildman–Crippen LogP) is -0.0840. The van der Waals surface area contributed by atoms with Gasteiger partial charge in [-0.2, -0.15) is 0 Å². The molecule has 1 unspecified atom stereocenters. The second kappa shape index (κ2) is 5.63. The van der Waals surface area contributed by atoms with Crippen LogP contribution in [-0.4, -0.2) is 58.0 Å². The van der Waals surface area contributed by atoms with Gasteiger partial charge in [-0.05, 0) is 19.4 Å². The van der Waals surface area contributed by atoms with E-state index >= 15 is 0 Å². The Morgan fingerprint density at radius 3 is 2.75 bits per heavy atom. The highest BCUT2D eigenvalue weighted by Crippen LogP contribution is 2.17. The second-order valence-electron chi connectivity index (χ2n) is 4.29. The zero-order chi connectivity index (χ0) is 12.2. The molecular weight excluding hydrogens is 230 g/mol. The first-order chi connectivity index (χ1) is 7.42. The van der Waals surface area contributed by atoms with Gasteiger partial charge in [-0.3, -0.25) is 4.79 Å². The van der Waals surface area contributed by atoms with Crippen molar-refractivity contribution in [1.82, 2.24) is 4.90 Å². The first-order valence-corrected chi connectivity index (χ1v) is 7.46. The molecule has 1 rings (SSSR count). The van der Waals surface area contributed by atoms with Gasteiger partial charge in [0.15, 0.2) is 0 Å². The molecule has 0 aromatic heterocycles. The predicted molar refractivity (Wildman–Crippen MR) is 60.9 cm³/mol. The number of carbonyl (C=O) groups excluding carboxylic acids is 1. The molecule has 5 nitrogen and oxygen atoms in total. The van der Waals surface area contributed by atoms with Crippen molar-refractivity contribution in [3.05, 3.63) is 0 Å². The Hall–Kier alpha value is -0.620. The first-order valence-electron chi connectivity index (χ1n) is 5.40. The van der Waals surface area contributed by atoms with Gasteiger partial charge >= 0.3 is 5.97 Å². The van der Waals surface area contributed by atoms with Gasteiger partial charge in [-0.25, -0.2) is 8.42 Å². The van der Waals surface area contributed by atoms with Crippen LogP contribution >= 0.6 is 0 Å². The lowest BCUT2D eigenvalue weighted by Crippen LogP contribution is -2.41. The van der Waals surface area contributed by atoms with E-state index in [2.05, 4.69) is 0 Å². The molecule has 0 N–H and O–H groups in total. The summed E-state index contributed by atoms with van der Waals surface area (Å²) < 4.78 is 26.8. The van der Waals surface area contributed by atoms with Crippen LogP contribution in [0.5, 0.6) is 0 Å². The fraction of sp³-hybridized carbons (Fsp3) is 0.900. The molecule has 0 aromatic rings. The van der Waals surface area contributed by atoms with Crippen LogP contribution in [-0.2, 0) is 19.4 Å². The molecule has 0 spiro atoms. The minimum atomic E-state index is -2.92. The second-order valence-corrected chi connectivity index (χ2v) is 6.55. The van der Waals surface area contributed by atoms with Gasteiger partial charge in [0.2, 0.25) is 0 Å². The summed E-state index contributed by atoms with van der Waals surface area (Å²) in [7, 11) is -1.54. The van der Waals surface area contributed by atoms with Crippen LogP contribution in [0.3, 0.4) is 0 Å². The molecule has 0 aromatic carbocycles. The van der Waals surface area contributed by atoms with E-state index in [1.54, 1.807) is 0 Å². The topological polar surface area (TPSA) is 63.7 Å². The fourth-order valence-electron chi connectivity index (χ4n) is 1.91. The van der Waals surface area contributed by atoms with Crippen molar-refractivity contribution >= 4 is 15.8 Å². The summed E-state index contributed by atoms with van der Waals surface area (Å²) in [5.41, 5.74) is 0. The van der Waals surface area contributed by atoms with E-state index in [1.807, 2.05) is 4.90 Å². The molecule has 1 saturated heterocycles. The molecule has 6 heteroatoms. The molecule has 0 saturated carbocycles. The smallest absolute Gasteiger partial charge is 0.309 e. The van der Waals surface area contributed by atoms with Crippen molar-refractivity contribution < 1.29 is 17.9 Å². The van der Waals surface area contributed by atoms with Crippen LogP contribution in [0.4, 0.5) is 0 Å². The minimum absolute atomic E-state index is 0.0988. The highest BCUT2D eigenvalue weighted by atomic mass is 32.2. The number of piperidine rings is 1. The van der Waals surface area contributed by atoms with Crippen LogP contribution in [0.25, 0.3) is 0 Å². The summed E-state index contributed by atoms with van der Waals surface area (Å²) in [5.74, 6) is -0.136. The third-order valence-electron chi connectivity index (χ3n) is 2.82. The Bertz CT molecular complexity index is 339. The number of sulfone groups is 1. The van der Waals surface area contributed by atoms with Crippen molar-refractivity contribution in [3.8, 4) is 0 Å². The number of carbonyl (C=O) groups is 1. The molecule has 1 aliphatic heterocycles. The SMILES string of the molecule is COC(=O)C1CCCN(CCS(C)(=O)=O)C1. The molecule has 0 aliphatic carbocycles. The van der Waals surface area contributed by atoms with Crippen LogP contribution in [0.1, 0.15) is 12.8 Å². The maximum Gasteiger partial charge on any atom is 0.309 e. The molecular formula is C10H19NO4S. The molecule has 1 fully saturated rings. The van der Waals surface area contributed by atoms with E-state index < -0.39 is 9.84 Å². The number of methoxy groups -OCH3 is 1. The third kappa shape index (κ3) is 4.49. The van der Waals surface area contributed by atoms with Gasteiger partial charge in [-0.15, -0.1) is 0 Å². The van der Waals surface area contributed by atoms with E-state index in [4.69, 9.17) is 4.74 Å². The molecule has 1 aliphatic rings. The summed E-state index contributed by atoms with van der Waals surface area (Å²) in [5, 5.41) is 0. The molecule has 16 heavy (non-hydrogen) atoms. The van der Waals surface area contributed by atoms with E-state index in [0.717, 1.165) is 19.4 Å². The van der Waals surface area contributed by atoms with Crippen molar-refractivity contribution in [2.75, 3.05) is 38.8 Å². The minimum Gasteiger partial charge on any atom is -0.469 e. The number of ether oxygens (including phenoxy) is 1. The van der Waals surface area contributed by atoms with Gasteiger partial charge in [-0.1, -0.05) is 0 Å². The lowest BCUT2D eigenvalue weighted by molar-refractivity contribution is -0.147. The molecule has 0 amide bonds. The van der Waals surface area contributed by atoms with Gasteiger partial charge in [0, 0.05) is 19.3 Å². The summed E-state index contributed by atoms with van der Waals surface area (Å²) in [6, 6.07) is 0. The Morgan fingerprint density at radius 1 is 1.50 bits per heavy atom. The molecule has 0 bridgehead atoms. The largest absolute Gasteiger partial charge is 0.469 e. The zero-order valence-electron chi connectivity index (χ0n) is 9.81. The average molecular weight is 249 g/mol. The molecule has 1 atom stereocenters. The van der Waals surface area contributed by atoms with Crippen LogP contribution in [0, 0.1) is 5.92 Å². The maximum atomic E-state index is 11.3. The van der Waals surface area contributed by atoms with Crippen molar-refractivity contribution in [3.63, 3.8) is 0 Å². The standard InChI is InChI=1S/C10H19NO4S/c1-15-10(12)9-4-3-5-11(8-9)6-7-16(2,13)14/h9H,3-8H2,1-2H3. The summed E-state index contributed by atoms with van der Waals surface area (Å²) in [6.45, 7) is 1.98. The van der Waals surface area contributed by atoms with Crippen molar-refractivity contribution in [2.24, 2.45) is 5.92 Å². The Balaban J connectivity index is 2.42. The van der Waals surface area contributed by atoms with E-state index in [1.165, 1.54) is 13.4 Å². The monoisotopic (exact) mass is 249 g/mol. The number of rotatable bonds is 4. The number of hydrogen-bond acceptors (Lipinski definition) is 5. The Labute approximate surface area is 96.7 Å². The Morgan fingerprint density at radius 2 is 2.19 bits per heavy atom. The normalized spacial score (nSPS) is 23.0.